The summed E-state index contributed by atoms with van der Waals surface area (Å²) in [4.78, 5) is 0. The summed E-state index contributed by atoms with van der Waals surface area (Å²) in [6, 6.07) is 20.8. The maximum absolute atomic E-state index is 2.12. The van der Waals surface area contributed by atoms with E-state index in [0.717, 1.165) is 0 Å². The Morgan fingerprint density at radius 2 is 0.769 bits per heavy atom. The molecule has 0 saturated heterocycles. The molecule has 0 unspecified atom stereocenters. The van der Waals surface area contributed by atoms with Crippen molar-refractivity contribution in [3.8, 4) is 11.1 Å². The average Bonchev–Trinajstić information content (AvgIpc) is 2.21. The van der Waals surface area contributed by atoms with Crippen LogP contribution in [0.25, 0.3) is 11.1 Å². The molecule has 0 aliphatic rings. The molecule has 1 radical (unpaired) electrons. The largest absolute Gasteiger partial charge is 0.0683 e. The van der Waals surface area contributed by atoms with Crippen LogP contribution in [0.3, 0.4) is 0 Å². The number of benzene rings is 2. The molecule has 65 valence electrons. The van der Waals surface area contributed by atoms with Crippen molar-refractivity contribution in [2.24, 2.45) is 0 Å². The van der Waals surface area contributed by atoms with Gasteiger partial charge in [-0.3, -0.25) is 0 Å². The Morgan fingerprint density at radius 1 is 0.462 bits per heavy atom. The second-order valence-electron chi connectivity index (χ2n) is 2.73. The lowest BCUT2D eigenvalue weighted by atomic mass is 10.1. The van der Waals surface area contributed by atoms with E-state index < -0.39 is 0 Å². The van der Waals surface area contributed by atoms with E-state index in [1.54, 1.807) is 0 Å². The van der Waals surface area contributed by atoms with Crippen molar-refractivity contribution in [2.75, 3.05) is 0 Å². The van der Waals surface area contributed by atoms with Crippen molar-refractivity contribution in [3.05, 3.63) is 68.1 Å². The molecule has 2 aromatic carbocycles. The molecule has 0 bridgehead atoms. The van der Waals surface area contributed by atoms with Crippen LogP contribution < -0.4 is 0 Å². The van der Waals surface area contributed by atoms with Gasteiger partial charge in [0.2, 0.25) is 0 Å². The quantitative estimate of drug-likeness (QED) is 0.609. The van der Waals surface area contributed by atoms with Gasteiger partial charge in [0.15, 0.2) is 0 Å². The Hall–Kier alpha value is -1.56. The molecule has 0 aromatic heterocycles. The van der Waals surface area contributed by atoms with Gasteiger partial charge < -0.3 is 0 Å². The van der Waals surface area contributed by atoms with E-state index in [4.69, 9.17) is 0 Å². The molecule has 0 saturated carbocycles. The molecule has 0 amide bonds. The molecule has 2 rings (SSSR count). The fourth-order valence-corrected chi connectivity index (χ4v) is 1.26. The number of rotatable bonds is 1. The van der Waals surface area contributed by atoms with Gasteiger partial charge in [0.25, 0.3) is 0 Å². The normalized spacial score (nSPS) is 8.92. The van der Waals surface area contributed by atoms with Gasteiger partial charge in [-0.25, -0.2) is 0 Å². The zero-order chi connectivity index (χ0) is 8.23. The van der Waals surface area contributed by atoms with E-state index in [-0.39, 0.29) is 7.43 Å². The molecule has 0 heterocycles. The Kier molecular flexibility index (Phi) is 3.27. The Labute approximate surface area is 79.9 Å². The van der Waals surface area contributed by atoms with Gasteiger partial charge in [-0.05, 0) is 11.1 Å². The van der Waals surface area contributed by atoms with Gasteiger partial charge in [-0.1, -0.05) is 68.1 Å². The molecule has 2 aromatic rings. The molecular formula is C13H13. The van der Waals surface area contributed by atoms with Crippen LogP contribution in [0.2, 0.25) is 0 Å². The highest BCUT2D eigenvalue weighted by Gasteiger charge is 1.91. The van der Waals surface area contributed by atoms with Crippen LogP contribution in [0.4, 0.5) is 0 Å². The summed E-state index contributed by atoms with van der Waals surface area (Å²) >= 11 is 0. The van der Waals surface area contributed by atoms with Crippen molar-refractivity contribution >= 4 is 0 Å². The summed E-state index contributed by atoms with van der Waals surface area (Å²) in [6.07, 6.45) is 0. The maximum atomic E-state index is 2.12. The third kappa shape index (κ3) is 2.19. The fourth-order valence-electron chi connectivity index (χ4n) is 1.26. The maximum Gasteiger partial charge on any atom is -0.0184 e. The first-order valence-corrected chi connectivity index (χ1v) is 4.07. The van der Waals surface area contributed by atoms with Gasteiger partial charge in [-0.2, -0.15) is 0 Å². The van der Waals surface area contributed by atoms with Crippen LogP contribution in [0.1, 0.15) is 0 Å². The standard InChI is InChI=1S/C12H10.CH3/c1-3-7-11(8-4-1)12-9-5-2-6-10-12;/h1-10H;1H3. The average molecular weight is 169 g/mol. The molecule has 0 atom stereocenters. The second kappa shape index (κ2) is 4.46. The molecule has 0 N–H and O–H groups in total. The van der Waals surface area contributed by atoms with E-state index in [1.165, 1.54) is 11.1 Å². The predicted octanol–water partition coefficient (Wildman–Crippen LogP) is 3.80. The van der Waals surface area contributed by atoms with Crippen molar-refractivity contribution < 1.29 is 0 Å². The first-order chi connectivity index (χ1) is 5.97. The molecule has 13 heavy (non-hydrogen) atoms. The minimum absolute atomic E-state index is 0. The highest BCUT2D eigenvalue weighted by Crippen LogP contribution is 2.17. The summed E-state index contributed by atoms with van der Waals surface area (Å²) in [6.45, 7) is 0. The minimum Gasteiger partial charge on any atom is -0.0683 e. The lowest BCUT2D eigenvalue weighted by molar-refractivity contribution is 1.62. The second-order valence-corrected chi connectivity index (χ2v) is 2.73. The van der Waals surface area contributed by atoms with Crippen molar-refractivity contribution in [1.82, 2.24) is 0 Å². The van der Waals surface area contributed by atoms with Crippen molar-refractivity contribution in [3.63, 3.8) is 0 Å². The third-order valence-corrected chi connectivity index (χ3v) is 1.88. The molecule has 0 fully saturated rings. The summed E-state index contributed by atoms with van der Waals surface area (Å²) in [7, 11) is 0. The first-order valence-electron chi connectivity index (χ1n) is 4.07. The van der Waals surface area contributed by atoms with E-state index in [1.807, 2.05) is 12.1 Å². The van der Waals surface area contributed by atoms with Crippen LogP contribution in [-0.2, 0) is 0 Å². The summed E-state index contributed by atoms with van der Waals surface area (Å²) in [5.41, 5.74) is 2.55. The van der Waals surface area contributed by atoms with Gasteiger partial charge in [0.05, 0.1) is 0 Å². The number of hydrogen-bond donors (Lipinski definition) is 0. The van der Waals surface area contributed by atoms with E-state index in [9.17, 15) is 0 Å². The first kappa shape index (κ1) is 9.53. The molecule has 0 spiro atoms. The van der Waals surface area contributed by atoms with Crippen LogP contribution in [0.15, 0.2) is 60.7 Å². The Morgan fingerprint density at radius 3 is 1.08 bits per heavy atom. The van der Waals surface area contributed by atoms with Gasteiger partial charge in [0.1, 0.15) is 0 Å². The predicted molar refractivity (Wildman–Crippen MR) is 58.3 cm³/mol. The van der Waals surface area contributed by atoms with Crippen LogP contribution in [0.5, 0.6) is 0 Å². The summed E-state index contributed by atoms with van der Waals surface area (Å²) in [5.74, 6) is 0. The zero-order valence-corrected chi connectivity index (χ0v) is 7.77. The minimum atomic E-state index is 0. The molecule has 0 nitrogen and oxygen atoms in total. The van der Waals surface area contributed by atoms with E-state index >= 15 is 0 Å². The molecular weight excluding hydrogens is 156 g/mol. The van der Waals surface area contributed by atoms with Gasteiger partial charge in [-0.15, -0.1) is 0 Å². The van der Waals surface area contributed by atoms with Crippen LogP contribution in [0, 0.1) is 7.43 Å². The summed E-state index contributed by atoms with van der Waals surface area (Å²) < 4.78 is 0. The highest BCUT2D eigenvalue weighted by molar-refractivity contribution is 5.62. The van der Waals surface area contributed by atoms with Crippen molar-refractivity contribution in [2.45, 2.75) is 0 Å². The van der Waals surface area contributed by atoms with Crippen LogP contribution in [-0.4, -0.2) is 0 Å². The van der Waals surface area contributed by atoms with E-state index in [0.29, 0.717) is 0 Å². The Bertz CT molecular complexity index is 297. The Balaban J connectivity index is 0.000000845. The van der Waals surface area contributed by atoms with Gasteiger partial charge in [0, 0.05) is 0 Å². The lowest BCUT2D eigenvalue weighted by Gasteiger charge is -1.98. The molecule has 0 heteroatoms. The SMILES string of the molecule is [CH3].c1ccc(-c2ccccc2)cc1. The molecule has 0 aliphatic carbocycles. The topological polar surface area (TPSA) is 0 Å². The van der Waals surface area contributed by atoms with Crippen LogP contribution >= 0.6 is 0 Å². The monoisotopic (exact) mass is 169 g/mol. The van der Waals surface area contributed by atoms with Crippen molar-refractivity contribution in [1.29, 1.82) is 0 Å². The fraction of sp³-hybridized carbons (Fsp3) is 0. The van der Waals surface area contributed by atoms with Gasteiger partial charge >= 0.3 is 0 Å². The molecule has 0 aliphatic heterocycles. The number of hydrogen-bond acceptors (Lipinski definition) is 0. The van der Waals surface area contributed by atoms with E-state index in [2.05, 4.69) is 48.5 Å². The highest BCUT2D eigenvalue weighted by atomic mass is 14.0. The zero-order valence-electron chi connectivity index (χ0n) is 7.77. The lowest BCUT2D eigenvalue weighted by Crippen LogP contribution is -1.73. The smallest absolute Gasteiger partial charge is 0.0184 e. The third-order valence-electron chi connectivity index (χ3n) is 1.88. The summed E-state index contributed by atoms with van der Waals surface area (Å²) in [5, 5.41) is 0.